The molecule has 105 heavy (non-hydrogen) atoms. The zero-order chi connectivity index (χ0) is 75.2. The summed E-state index contributed by atoms with van der Waals surface area (Å²) in [5.41, 5.74) is 2.42. The Morgan fingerprint density at radius 3 is 2.07 bits per heavy atom. The lowest BCUT2D eigenvalue weighted by atomic mass is 9.85. The summed E-state index contributed by atoms with van der Waals surface area (Å²) in [6.45, 7) is 15.3. The number of allylic oxidation sites excluding steroid dienone is 1. The minimum Gasteiger partial charge on any atom is -0.391 e. The first kappa shape index (κ1) is 80.2. The molecule has 566 valence electrons. The Bertz CT molecular complexity index is 4250. The number of rotatable bonds is 28. The topological polar surface area (TPSA) is 251 Å². The average Bonchev–Trinajstić information content (AvgIpc) is 1.05. The SMILES string of the molecule is Cc1ncsc1-c1ccc([C@H](C)NC(=O)[C@@H]2C[C@@H](O)CN2C(=O)[C@@H](NC(=O)CCCCCC(=O)N2CCN(CC[C@H](CSc3ccccc3)Nc3ccc(S(=O)(=O)NC(=O)c4ccc(N5CCN(CC6=C(c7ccc(Cl)cc7)CCCCCC6)CC5)cc4)cc3S(=O)(=O)C(F)(F)F)CC2)C(C)(C)C)cc1. The Balaban J connectivity index is 0.690. The number of alkyl halides is 3. The van der Waals surface area contributed by atoms with E-state index in [1.165, 1.54) is 58.3 Å². The first-order chi connectivity index (χ1) is 50.0. The molecule has 6 aromatic rings. The van der Waals surface area contributed by atoms with Gasteiger partial charge in [0.1, 0.15) is 17.0 Å². The van der Waals surface area contributed by atoms with Gasteiger partial charge in [-0.15, -0.1) is 23.1 Å². The standard InChI is InChI=1S/C77H96ClF3N10O10S4/c1-52(54-22-24-56(25-23-54)71-53(2)82-51-103-71)83-74(96)67-46-62(92)49-91(67)75(97)72(76(3,4)5)85-69(93)20-14-9-15-21-70(94)90-44-38-87(39-45-90)37-36-60(50-102-63-17-11-8-12-18-63)84-66-35-34-64(47-68(66)104(98,99)77(79,80)81)105(100,101)86-73(95)57-28-32-61(33-29-57)89-42-40-88(41-43-89)48-58-16-10-6-7-13-19-65(58)55-26-30-59(78)31-27-55/h8,11-12,17-18,22-35,47,51-52,60,62,67,72,84,92H,6-7,9-10,13-16,19-21,36-46,48-50H2,1-5H3,(H,83,96)(H,85,93)(H,86,95)/t52-,60+,62+,67-,72+/m0/s1. The number of sulfonamides is 1. The minimum absolute atomic E-state index is 0.0381. The molecule has 3 aliphatic heterocycles. The third-order valence-electron chi connectivity index (χ3n) is 20.1. The number of thiazole rings is 1. The normalized spacial score (nSPS) is 18.4. The second-order valence-electron chi connectivity index (χ2n) is 28.8. The highest BCUT2D eigenvalue weighted by molar-refractivity contribution is 7.99. The van der Waals surface area contributed by atoms with E-state index in [1.807, 2.05) is 106 Å². The third-order valence-corrected chi connectivity index (χ3v) is 25.3. The largest absolute Gasteiger partial charge is 0.501 e. The molecule has 3 fully saturated rings. The number of carbonyl (C=O) groups is 5. The number of aliphatic hydroxyl groups excluding tert-OH is 1. The number of piperazine rings is 2. The number of likely N-dealkylation sites (tertiary alicyclic amines) is 1. The lowest BCUT2D eigenvalue weighted by Crippen LogP contribution is -2.57. The van der Waals surface area contributed by atoms with E-state index in [2.05, 4.69) is 47.8 Å². The van der Waals surface area contributed by atoms with Crippen molar-refractivity contribution >= 4 is 101 Å². The fraction of sp³-hybridized carbons (Fsp3) is 0.481. The quantitative estimate of drug-likeness (QED) is 0.0226. The van der Waals surface area contributed by atoms with Crippen molar-refractivity contribution in [2.75, 3.05) is 88.0 Å². The number of β-amino-alcohol motifs (C(OH)–C–C–N with tert-alkyl or cyclic N) is 1. The Morgan fingerprint density at radius 1 is 0.752 bits per heavy atom. The number of sulfone groups is 1. The zero-order valence-electron chi connectivity index (χ0n) is 60.1. The Morgan fingerprint density at radius 2 is 1.41 bits per heavy atom. The van der Waals surface area contributed by atoms with Gasteiger partial charge in [0.05, 0.1) is 38.8 Å². The van der Waals surface area contributed by atoms with Crippen LogP contribution in [-0.4, -0.2) is 184 Å². The molecule has 0 radical (unpaired) electrons. The summed E-state index contributed by atoms with van der Waals surface area (Å²) in [5, 5.41) is 20.4. The summed E-state index contributed by atoms with van der Waals surface area (Å²) in [7, 11) is -11.1. The molecule has 5 N–H and O–H groups in total. The highest BCUT2D eigenvalue weighted by Crippen LogP contribution is 2.39. The van der Waals surface area contributed by atoms with Crippen LogP contribution in [0.4, 0.5) is 24.5 Å². The molecule has 1 aromatic heterocycles. The van der Waals surface area contributed by atoms with Gasteiger partial charge in [0.25, 0.3) is 25.8 Å². The third kappa shape index (κ3) is 21.5. The van der Waals surface area contributed by atoms with Crippen LogP contribution in [0.1, 0.15) is 144 Å². The Hall–Kier alpha value is -7.37. The molecule has 0 bridgehead atoms. The van der Waals surface area contributed by atoms with E-state index in [0.29, 0.717) is 82.6 Å². The Kier molecular flexibility index (Phi) is 27.5. The number of thioether (sulfide) groups is 1. The molecular formula is C77H96ClF3N10O10S4. The van der Waals surface area contributed by atoms with E-state index in [0.717, 1.165) is 89.7 Å². The second-order valence-corrected chi connectivity index (χ2v) is 34.8. The summed E-state index contributed by atoms with van der Waals surface area (Å²) in [6.07, 6.45) is 8.03. The number of hydrogen-bond donors (Lipinski definition) is 5. The molecule has 4 heterocycles. The van der Waals surface area contributed by atoms with Crippen molar-refractivity contribution in [1.29, 1.82) is 0 Å². The van der Waals surface area contributed by atoms with Gasteiger partial charge in [0.2, 0.25) is 23.6 Å². The number of nitrogens with zero attached hydrogens (tertiary/aromatic N) is 6. The number of aryl methyl sites for hydroxylation is 1. The summed E-state index contributed by atoms with van der Waals surface area (Å²) in [6, 6.07) is 30.9. The number of anilines is 2. The molecule has 1 aliphatic carbocycles. The fourth-order valence-corrected chi connectivity index (χ4v) is 17.9. The molecule has 5 aromatic carbocycles. The highest BCUT2D eigenvalue weighted by Gasteiger charge is 2.49. The van der Waals surface area contributed by atoms with Gasteiger partial charge in [-0.05, 0) is 153 Å². The van der Waals surface area contributed by atoms with Gasteiger partial charge >= 0.3 is 5.51 Å². The van der Waals surface area contributed by atoms with Crippen LogP contribution in [0.3, 0.4) is 0 Å². The number of benzene rings is 5. The van der Waals surface area contributed by atoms with E-state index in [9.17, 15) is 59.1 Å². The maximum Gasteiger partial charge on any atom is 0.501 e. The van der Waals surface area contributed by atoms with Crippen molar-refractivity contribution in [3.05, 3.63) is 160 Å². The highest BCUT2D eigenvalue weighted by atomic mass is 35.5. The molecule has 0 spiro atoms. The summed E-state index contributed by atoms with van der Waals surface area (Å²) in [5.74, 6) is -2.10. The van der Waals surface area contributed by atoms with E-state index in [4.69, 9.17) is 11.6 Å². The van der Waals surface area contributed by atoms with Gasteiger partial charge in [-0.1, -0.05) is 112 Å². The van der Waals surface area contributed by atoms with Gasteiger partial charge < -0.3 is 35.8 Å². The predicted octanol–water partition coefficient (Wildman–Crippen LogP) is 12.5. The van der Waals surface area contributed by atoms with Crippen molar-refractivity contribution < 1.29 is 59.1 Å². The first-order valence-corrected chi connectivity index (χ1v) is 41.3. The Labute approximate surface area is 628 Å². The van der Waals surface area contributed by atoms with Crippen LogP contribution >= 0.6 is 34.7 Å². The number of halogens is 4. The summed E-state index contributed by atoms with van der Waals surface area (Å²) >= 11 is 9.18. The number of aliphatic hydroxyl groups is 1. The van der Waals surface area contributed by atoms with Gasteiger partial charge in [0, 0.05) is 124 Å². The molecule has 28 heteroatoms. The van der Waals surface area contributed by atoms with E-state index in [-0.39, 0.29) is 48.9 Å². The second kappa shape index (κ2) is 36.0. The van der Waals surface area contributed by atoms with Crippen LogP contribution in [0.2, 0.25) is 5.02 Å². The van der Waals surface area contributed by atoms with E-state index >= 15 is 0 Å². The van der Waals surface area contributed by atoms with Gasteiger partial charge in [-0.3, -0.25) is 33.8 Å². The van der Waals surface area contributed by atoms with Gasteiger partial charge in [0.15, 0.2) is 0 Å². The molecule has 20 nitrogen and oxygen atoms in total. The fourth-order valence-electron chi connectivity index (χ4n) is 14.0. The number of carbonyl (C=O) groups excluding carboxylic acids is 5. The first-order valence-electron chi connectivity index (χ1n) is 36.1. The van der Waals surface area contributed by atoms with Crippen LogP contribution in [0.25, 0.3) is 16.0 Å². The number of nitrogens with one attached hydrogen (secondary N) is 4. The van der Waals surface area contributed by atoms with Crippen molar-refractivity contribution in [3.63, 3.8) is 0 Å². The summed E-state index contributed by atoms with van der Waals surface area (Å²) in [4.78, 5) is 82.6. The molecule has 5 amide bonds. The number of aromatic nitrogens is 1. The van der Waals surface area contributed by atoms with E-state index in [1.54, 1.807) is 33.9 Å². The van der Waals surface area contributed by atoms with Crippen LogP contribution < -0.4 is 25.6 Å². The molecule has 4 aliphatic rings. The lowest BCUT2D eigenvalue weighted by molar-refractivity contribution is -0.144. The minimum atomic E-state index is -6.18. The lowest BCUT2D eigenvalue weighted by Gasteiger charge is -2.37. The number of hydrogen-bond acceptors (Lipinski definition) is 17. The maximum absolute atomic E-state index is 14.6. The molecular weight excluding hydrogens is 1450 g/mol. The van der Waals surface area contributed by atoms with Crippen LogP contribution in [0.15, 0.2) is 147 Å². The van der Waals surface area contributed by atoms with Crippen molar-refractivity contribution in [2.45, 2.75) is 169 Å². The maximum atomic E-state index is 14.6. The van der Waals surface area contributed by atoms with Crippen LogP contribution in [0, 0.1) is 12.3 Å². The van der Waals surface area contributed by atoms with Crippen LogP contribution in [-0.2, 0) is 39.0 Å². The molecule has 0 unspecified atom stereocenters. The van der Waals surface area contributed by atoms with Gasteiger partial charge in [-0.2, -0.15) is 13.2 Å². The molecule has 3 saturated heterocycles. The van der Waals surface area contributed by atoms with E-state index < -0.39 is 94.3 Å². The monoisotopic (exact) mass is 1540 g/mol. The van der Waals surface area contributed by atoms with Crippen molar-refractivity contribution in [3.8, 4) is 10.4 Å². The zero-order valence-corrected chi connectivity index (χ0v) is 64.2. The summed E-state index contributed by atoms with van der Waals surface area (Å²) < 4.78 is 100. The van der Waals surface area contributed by atoms with Crippen molar-refractivity contribution in [2.24, 2.45) is 5.41 Å². The van der Waals surface area contributed by atoms with Crippen LogP contribution in [0.5, 0.6) is 0 Å². The predicted molar refractivity (Wildman–Crippen MR) is 407 cm³/mol. The molecule has 10 rings (SSSR count). The average molecular weight is 1540 g/mol. The molecule has 0 saturated carbocycles. The molecule has 5 atom stereocenters. The van der Waals surface area contributed by atoms with Gasteiger partial charge in [-0.25, -0.2) is 26.5 Å². The smallest absolute Gasteiger partial charge is 0.391 e. The van der Waals surface area contributed by atoms with Crippen molar-refractivity contribution in [1.82, 2.24) is 39.9 Å². The number of unbranched alkanes of at least 4 members (excludes halogenated alkanes) is 2. The number of amides is 5.